The summed E-state index contributed by atoms with van der Waals surface area (Å²) in [6, 6.07) is 21.0. The molecule has 7 heteroatoms. The van der Waals surface area contributed by atoms with Crippen molar-refractivity contribution in [2.45, 2.75) is 39.8 Å². The standard InChI is InChI=1S/C29H27NO6/c1-18-19(2)27(31)36-26-20(3)25(15-14-23(18)26)35-28(32)24(16-21-10-6-4-7-11-21)30-29(33)34-17-22-12-8-5-9-13-22/h4-15,24H,16-17H2,1-3H3,(H,30,33)/t24-/m1/s1. The van der Waals surface area contributed by atoms with E-state index in [9.17, 15) is 14.4 Å². The summed E-state index contributed by atoms with van der Waals surface area (Å²) in [7, 11) is 0. The molecule has 0 aliphatic heterocycles. The molecule has 4 aromatic rings. The minimum atomic E-state index is -1.00. The second-order valence-corrected chi connectivity index (χ2v) is 8.57. The smallest absolute Gasteiger partial charge is 0.408 e. The summed E-state index contributed by atoms with van der Waals surface area (Å²) in [6.07, 6.45) is -0.524. The van der Waals surface area contributed by atoms with Crippen molar-refractivity contribution < 1.29 is 23.5 Å². The van der Waals surface area contributed by atoms with Gasteiger partial charge in [-0.25, -0.2) is 14.4 Å². The van der Waals surface area contributed by atoms with Crippen LogP contribution in [0.4, 0.5) is 4.79 Å². The molecule has 0 bridgehead atoms. The Bertz CT molecular complexity index is 1440. The van der Waals surface area contributed by atoms with Crippen LogP contribution < -0.4 is 15.7 Å². The molecule has 1 amide bonds. The highest BCUT2D eigenvalue weighted by Gasteiger charge is 2.25. The van der Waals surface area contributed by atoms with Crippen LogP contribution in [0.2, 0.25) is 0 Å². The molecule has 36 heavy (non-hydrogen) atoms. The Morgan fingerprint density at radius 3 is 2.14 bits per heavy atom. The number of carbonyl (C=O) groups is 2. The number of fused-ring (bicyclic) bond motifs is 1. The summed E-state index contributed by atoms with van der Waals surface area (Å²) < 4.78 is 16.5. The fourth-order valence-electron chi connectivity index (χ4n) is 3.86. The lowest BCUT2D eigenvalue weighted by Crippen LogP contribution is -2.44. The van der Waals surface area contributed by atoms with Crippen LogP contribution in [0.1, 0.15) is 27.8 Å². The largest absolute Gasteiger partial charge is 0.445 e. The molecular weight excluding hydrogens is 458 g/mol. The Balaban J connectivity index is 1.55. The van der Waals surface area contributed by atoms with Gasteiger partial charge in [-0.2, -0.15) is 0 Å². The first-order valence-electron chi connectivity index (χ1n) is 11.6. The predicted molar refractivity (Wildman–Crippen MR) is 136 cm³/mol. The topological polar surface area (TPSA) is 94.8 Å². The third-order valence-corrected chi connectivity index (χ3v) is 6.11. The van der Waals surface area contributed by atoms with Gasteiger partial charge in [-0.05, 0) is 49.6 Å². The van der Waals surface area contributed by atoms with Gasteiger partial charge in [0.05, 0.1) is 0 Å². The number of esters is 1. The molecule has 1 aromatic heterocycles. The molecule has 184 valence electrons. The van der Waals surface area contributed by atoms with Crippen LogP contribution >= 0.6 is 0 Å². The van der Waals surface area contributed by atoms with Crippen LogP contribution in [0.3, 0.4) is 0 Å². The fourth-order valence-corrected chi connectivity index (χ4v) is 3.86. The predicted octanol–water partition coefficient (Wildman–Crippen LogP) is 5.16. The lowest BCUT2D eigenvalue weighted by atomic mass is 10.0. The number of hydrogen-bond donors (Lipinski definition) is 1. The van der Waals surface area contributed by atoms with Crippen LogP contribution in [0.5, 0.6) is 5.75 Å². The van der Waals surface area contributed by atoms with Gasteiger partial charge in [0.15, 0.2) is 0 Å². The van der Waals surface area contributed by atoms with E-state index in [0.29, 0.717) is 16.7 Å². The molecular formula is C29H27NO6. The fraction of sp³-hybridized carbons (Fsp3) is 0.207. The van der Waals surface area contributed by atoms with E-state index in [1.165, 1.54) is 0 Å². The van der Waals surface area contributed by atoms with Crippen molar-refractivity contribution in [3.63, 3.8) is 0 Å². The molecule has 0 unspecified atom stereocenters. The maximum absolute atomic E-state index is 13.2. The number of rotatable bonds is 7. The molecule has 0 radical (unpaired) electrons. The van der Waals surface area contributed by atoms with Crippen molar-refractivity contribution >= 4 is 23.0 Å². The zero-order chi connectivity index (χ0) is 25.7. The molecule has 1 heterocycles. The van der Waals surface area contributed by atoms with Crippen LogP contribution in [0.15, 0.2) is 82.0 Å². The van der Waals surface area contributed by atoms with E-state index < -0.39 is 23.7 Å². The van der Waals surface area contributed by atoms with E-state index >= 15 is 0 Å². The number of amides is 1. The lowest BCUT2D eigenvalue weighted by Gasteiger charge is -2.19. The van der Waals surface area contributed by atoms with E-state index in [1.54, 1.807) is 26.0 Å². The first-order chi connectivity index (χ1) is 17.3. The van der Waals surface area contributed by atoms with Gasteiger partial charge in [-0.1, -0.05) is 60.7 Å². The normalized spacial score (nSPS) is 11.6. The van der Waals surface area contributed by atoms with Crippen LogP contribution in [0, 0.1) is 20.8 Å². The average Bonchev–Trinajstić information content (AvgIpc) is 2.89. The molecule has 0 aliphatic carbocycles. The number of benzene rings is 3. The van der Waals surface area contributed by atoms with Gasteiger partial charge >= 0.3 is 17.7 Å². The van der Waals surface area contributed by atoms with Crippen molar-refractivity contribution in [1.82, 2.24) is 5.32 Å². The van der Waals surface area contributed by atoms with Gasteiger partial charge < -0.3 is 19.2 Å². The summed E-state index contributed by atoms with van der Waals surface area (Å²) in [5.41, 5.74) is 3.47. The number of hydrogen-bond acceptors (Lipinski definition) is 6. The molecule has 1 N–H and O–H groups in total. The number of aryl methyl sites for hydroxylation is 2. The van der Waals surface area contributed by atoms with Crippen LogP contribution in [0.25, 0.3) is 11.0 Å². The molecule has 0 spiro atoms. The second-order valence-electron chi connectivity index (χ2n) is 8.57. The highest BCUT2D eigenvalue weighted by molar-refractivity contribution is 5.88. The first-order valence-corrected chi connectivity index (χ1v) is 11.6. The minimum absolute atomic E-state index is 0.0708. The van der Waals surface area contributed by atoms with Crippen molar-refractivity contribution in [2.24, 2.45) is 0 Å². The van der Waals surface area contributed by atoms with Crippen LogP contribution in [-0.2, 0) is 22.6 Å². The van der Waals surface area contributed by atoms with E-state index in [1.807, 2.05) is 67.6 Å². The Hall–Kier alpha value is -4.39. The summed E-state index contributed by atoms with van der Waals surface area (Å²) in [4.78, 5) is 38.0. The maximum atomic E-state index is 13.2. The quantitative estimate of drug-likeness (QED) is 0.221. The van der Waals surface area contributed by atoms with E-state index in [0.717, 1.165) is 22.1 Å². The molecule has 4 rings (SSSR count). The van der Waals surface area contributed by atoms with E-state index in [-0.39, 0.29) is 18.8 Å². The maximum Gasteiger partial charge on any atom is 0.408 e. The summed E-state index contributed by atoms with van der Waals surface area (Å²) in [5, 5.41) is 3.40. The molecule has 3 aromatic carbocycles. The summed E-state index contributed by atoms with van der Waals surface area (Å²) in [5.74, 6) is -0.416. The SMILES string of the molecule is Cc1c(C)c2ccc(OC(=O)[C@@H](Cc3ccccc3)NC(=O)OCc3ccccc3)c(C)c2oc1=O. The van der Waals surface area contributed by atoms with Gasteiger partial charge in [0, 0.05) is 22.9 Å². The summed E-state index contributed by atoms with van der Waals surface area (Å²) >= 11 is 0. The molecule has 0 saturated heterocycles. The van der Waals surface area contributed by atoms with Gasteiger partial charge in [-0.3, -0.25) is 0 Å². The Kier molecular flexibility index (Phi) is 7.49. The number of nitrogens with one attached hydrogen (secondary N) is 1. The average molecular weight is 486 g/mol. The van der Waals surface area contributed by atoms with Crippen molar-refractivity contribution in [1.29, 1.82) is 0 Å². The third kappa shape index (κ3) is 5.63. The lowest BCUT2D eigenvalue weighted by molar-refractivity contribution is -0.136. The molecule has 0 aliphatic rings. The van der Waals surface area contributed by atoms with E-state index in [2.05, 4.69) is 5.32 Å². The van der Waals surface area contributed by atoms with Crippen molar-refractivity contribution in [2.75, 3.05) is 0 Å². The van der Waals surface area contributed by atoms with Gasteiger partial charge in [-0.15, -0.1) is 0 Å². The minimum Gasteiger partial charge on any atom is -0.445 e. The molecule has 1 atom stereocenters. The van der Waals surface area contributed by atoms with Crippen LogP contribution in [-0.4, -0.2) is 18.1 Å². The van der Waals surface area contributed by atoms with E-state index in [4.69, 9.17) is 13.9 Å². The third-order valence-electron chi connectivity index (χ3n) is 6.11. The zero-order valence-electron chi connectivity index (χ0n) is 20.4. The Morgan fingerprint density at radius 2 is 1.47 bits per heavy atom. The summed E-state index contributed by atoms with van der Waals surface area (Å²) in [6.45, 7) is 5.35. The Morgan fingerprint density at radius 1 is 0.833 bits per heavy atom. The van der Waals surface area contributed by atoms with Gasteiger partial charge in [0.2, 0.25) is 0 Å². The zero-order valence-corrected chi connectivity index (χ0v) is 20.4. The number of carbonyl (C=O) groups excluding carboxylic acids is 2. The highest BCUT2D eigenvalue weighted by atomic mass is 16.6. The van der Waals surface area contributed by atoms with Crippen molar-refractivity contribution in [3.8, 4) is 5.75 Å². The number of alkyl carbamates (subject to hydrolysis) is 1. The van der Waals surface area contributed by atoms with Gasteiger partial charge in [0.1, 0.15) is 24.0 Å². The number of ether oxygens (including phenoxy) is 2. The molecule has 0 saturated carbocycles. The Labute approximate surface area is 208 Å². The van der Waals surface area contributed by atoms with Gasteiger partial charge in [0.25, 0.3) is 0 Å². The monoisotopic (exact) mass is 485 g/mol. The first kappa shape index (κ1) is 24.7. The second kappa shape index (κ2) is 10.9. The molecule has 0 fully saturated rings. The highest BCUT2D eigenvalue weighted by Crippen LogP contribution is 2.29. The van der Waals surface area contributed by atoms with Crippen molar-refractivity contribution in [3.05, 3.63) is 111 Å². The molecule has 7 nitrogen and oxygen atoms in total.